The van der Waals surface area contributed by atoms with Crippen molar-refractivity contribution in [2.75, 3.05) is 24.6 Å². The molecule has 112 valence electrons. The average molecular weight is 277 g/mol. The van der Waals surface area contributed by atoms with Gasteiger partial charge < -0.3 is 15.0 Å². The molecular weight excluding hydrogens is 250 g/mol. The van der Waals surface area contributed by atoms with E-state index in [-0.39, 0.29) is 0 Å². The molecular formula is C16H27N3O. The van der Waals surface area contributed by atoms with E-state index in [4.69, 9.17) is 4.74 Å². The van der Waals surface area contributed by atoms with E-state index in [1.807, 2.05) is 12.4 Å². The molecule has 1 aromatic heterocycles. The minimum atomic E-state index is 0.440. The number of aromatic nitrogens is 1. The van der Waals surface area contributed by atoms with E-state index < -0.39 is 0 Å². The van der Waals surface area contributed by atoms with Crippen LogP contribution < -0.4 is 10.2 Å². The van der Waals surface area contributed by atoms with E-state index in [0.717, 1.165) is 39.1 Å². The van der Waals surface area contributed by atoms with Gasteiger partial charge in [0.25, 0.3) is 0 Å². The Morgan fingerprint density at radius 2 is 2.15 bits per heavy atom. The van der Waals surface area contributed by atoms with Crippen molar-refractivity contribution >= 4 is 5.69 Å². The molecule has 0 aromatic carbocycles. The highest BCUT2D eigenvalue weighted by Gasteiger charge is 2.21. The van der Waals surface area contributed by atoms with Gasteiger partial charge in [0.1, 0.15) is 0 Å². The first-order valence-corrected chi connectivity index (χ1v) is 7.73. The lowest BCUT2D eigenvalue weighted by Gasteiger charge is -2.34. The fourth-order valence-electron chi connectivity index (χ4n) is 2.68. The maximum atomic E-state index is 5.72. The fraction of sp³-hybridized carbons (Fsp3) is 0.688. The number of rotatable bonds is 6. The molecule has 0 saturated carbocycles. The van der Waals surface area contributed by atoms with Crippen molar-refractivity contribution in [2.24, 2.45) is 0 Å². The second-order valence-corrected chi connectivity index (χ2v) is 5.68. The van der Waals surface area contributed by atoms with Gasteiger partial charge in [0.2, 0.25) is 0 Å². The molecule has 2 heterocycles. The Morgan fingerprint density at radius 3 is 2.80 bits per heavy atom. The molecule has 0 bridgehead atoms. The van der Waals surface area contributed by atoms with Gasteiger partial charge in [0.15, 0.2) is 0 Å². The van der Waals surface area contributed by atoms with Crippen LogP contribution in [0.5, 0.6) is 0 Å². The van der Waals surface area contributed by atoms with Gasteiger partial charge in [-0.15, -0.1) is 0 Å². The van der Waals surface area contributed by atoms with E-state index in [1.165, 1.54) is 11.3 Å². The smallest absolute Gasteiger partial charge is 0.0608 e. The third-order valence-electron chi connectivity index (χ3n) is 3.76. The molecule has 0 radical (unpaired) electrons. The second-order valence-electron chi connectivity index (χ2n) is 5.68. The fourth-order valence-corrected chi connectivity index (χ4v) is 2.68. The van der Waals surface area contributed by atoms with E-state index >= 15 is 0 Å². The number of piperidine rings is 1. The maximum Gasteiger partial charge on any atom is 0.0608 e. The summed E-state index contributed by atoms with van der Waals surface area (Å²) in [6.45, 7) is 10.3. The van der Waals surface area contributed by atoms with Crippen molar-refractivity contribution in [1.29, 1.82) is 0 Å². The number of hydrogen-bond donors (Lipinski definition) is 1. The number of anilines is 1. The van der Waals surface area contributed by atoms with Crippen LogP contribution in [0.1, 0.15) is 39.2 Å². The largest absolute Gasteiger partial charge is 0.378 e. The van der Waals surface area contributed by atoms with Crippen molar-refractivity contribution in [3.63, 3.8) is 0 Å². The summed E-state index contributed by atoms with van der Waals surface area (Å²) >= 11 is 0. The molecule has 1 aliphatic rings. The van der Waals surface area contributed by atoms with Crippen LogP contribution in [0.3, 0.4) is 0 Å². The molecule has 4 heteroatoms. The molecule has 2 rings (SSSR count). The lowest BCUT2D eigenvalue weighted by molar-refractivity contribution is 0.0459. The summed E-state index contributed by atoms with van der Waals surface area (Å²) in [5.41, 5.74) is 2.61. The first kappa shape index (κ1) is 15.3. The molecule has 0 spiro atoms. The Morgan fingerprint density at radius 1 is 1.40 bits per heavy atom. The van der Waals surface area contributed by atoms with Gasteiger partial charge in [-0.25, -0.2) is 0 Å². The average Bonchev–Trinajstić information content (AvgIpc) is 2.47. The highest BCUT2D eigenvalue weighted by atomic mass is 16.5. The highest BCUT2D eigenvalue weighted by Crippen LogP contribution is 2.24. The summed E-state index contributed by atoms with van der Waals surface area (Å²) in [6.07, 6.45) is 6.55. The van der Waals surface area contributed by atoms with Crippen LogP contribution in [-0.4, -0.2) is 36.8 Å². The molecule has 20 heavy (non-hydrogen) atoms. The molecule has 0 unspecified atom stereocenters. The summed E-state index contributed by atoms with van der Waals surface area (Å²) in [6, 6.07) is 2.63. The SMILES string of the molecule is CCOC1CCN(c2ccncc2CNC(C)C)CC1. The van der Waals surface area contributed by atoms with Crippen LogP contribution in [0.4, 0.5) is 5.69 Å². The van der Waals surface area contributed by atoms with Crippen molar-refractivity contribution in [3.8, 4) is 0 Å². The highest BCUT2D eigenvalue weighted by molar-refractivity contribution is 5.52. The zero-order chi connectivity index (χ0) is 14.4. The van der Waals surface area contributed by atoms with E-state index in [9.17, 15) is 0 Å². The van der Waals surface area contributed by atoms with E-state index in [0.29, 0.717) is 12.1 Å². The van der Waals surface area contributed by atoms with Crippen LogP contribution in [0.15, 0.2) is 18.5 Å². The van der Waals surface area contributed by atoms with Crippen LogP contribution >= 0.6 is 0 Å². The van der Waals surface area contributed by atoms with Gasteiger partial charge in [0, 0.05) is 55.9 Å². The van der Waals surface area contributed by atoms with Crippen LogP contribution in [0.2, 0.25) is 0 Å². The van der Waals surface area contributed by atoms with Crippen molar-refractivity contribution in [1.82, 2.24) is 10.3 Å². The predicted octanol–water partition coefficient (Wildman–Crippen LogP) is 2.58. The number of pyridine rings is 1. The molecule has 1 aliphatic heterocycles. The van der Waals surface area contributed by atoms with Gasteiger partial charge in [-0.3, -0.25) is 4.98 Å². The minimum Gasteiger partial charge on any atom is -0.378 e. The van der Waals surface area contributed by atoms with Crippen LogP contribution in [0.25, 0.3) is 0 Å². The Labute approximate surface area is 122 Å². The lowest BCUT2D eigenvalue weighted by Crippen LogP contribution is -2.38. The first-order chi connectivity index (χ1) is 9.70. The van der Waals surface area contributed by atoms with Crippen molar-refractivity contribution in [2.45, 2.75) is 52.3 Å². The quantitative estimate of drug-likeness (QED) is 0.867. The first-order valence-electron chi connectivity index (χ1n) is 7.73. The Balaban J connectivity index is 1.98. The number of hydrogen-bond acceptors (Lipinski definition) is 4. The van der Waals surface area contributed by atoms with Crippen LogP contribution in [0, 0.1) is 0 Å². The molecule has 1 saturated heterocycles. The molecule has 4 nitrogen and oxygen atoms in total. The zero-order valence-electron chi connectivity index (χ0n) is 12.9. The Hall–Kier alpha value is -1.13. The summed E-state index contributed by atoms with van der Waals surface area (Å²) < 4.78 is 5.72. The summed E-state index contributed by atoms with van der Waals surface area (Å²) in [7, 11) is 0. The number of nitrogens with one attached hydrogen (secondary N) is 1. The minimum absolute atomic E-state index is 0.440. The van der Waals surface area contributed by atoms with Crippen molar-refractivity contribution in [3.05, 3.63) is 24.0 Å². The normalized spacial score (nSPS) is 16.9. The predicted molar refractivity (Wildman–Crippen MR) is 83.1 cm³/mol. The second kappa shape index (κ2) is 7.60. The Bertz CT molecular complexity index is 400. The lowest BCUT2D eigenvalue weighted by atomic mass is 10.1. The molecule has 1 aromatic rings. The summed E-state index contributed by atoms with van der Waals surface area (Å²) in [4.78, 5) is 6.74. The maximum absolute atomic E-state index is 5.72. The van der Waals surface area contributed by atoms with Gasteiger partial charge in [0.05, 0.1) is 6.10 Å². The van der Waals surface area contributed by atoms with Gasteiger partial charge >= 0.3 is 0 Å². The van der Waals surface area contributed by atoms with Gasteiger partial charge in [-0.2, -0.15) is 0 Å². The third kappa shape index (κ3) is 4.18. The Kier molecular flexibility index (Phi) is 5.80. The standard InChI is InChI=1S/C16H27N3O/c1-4-20-15-6-9-19(10-7-15)16-5-8-17-11-14(16)12-18-13(2)3/h5,8,11,13,15,18H,4,6-7,9-10,12H2,1-3H3. The van der Waals surface area contributed by atoms with Crippen molar-refractivity contribution < 1.29 is 4.74 Å². The van der Waals surface area contributed by atoms with E-state index in [1.54, 1.807) is 0 Å². The number of nitrogens with zero attached hydrogens (tertiary/aromatic N) is 2. The van der Waals surface area contributed by atoms with Gasteiger partial charge in [-0.05, 0) is 25.8 Å². The molecule has 0 atom stereocenters. The summed E-state index contributed by atoms with van der Waals surface area (Å²) in [5, 5.41) is 3.48. The monoisotopic (exact) mass is 277 g/mol. The summed E-state index contributed by atoms with van der Waals surface area (Å²) in [5.74, 6) is 0. The molecule has 0 aliphatic carbocycles. The number of ether oxygens (including phenoxy) is 1. The molecule has 1 fully saturated rings. The van der Waals surface area contributed by atoms with E-state index in [2.05, 4.69) is 42.0 Å². The molecule has 0 amide bonds. The van der Waals surface area contributed by atoms with Crippen LogP contribution in [-0.2, 0) is 11.3 Å². The van der Waals surface area contributed by atoms with Gasteiger partial charge in [-0.1, -0.05) is 13.8 Å². The zero-order valence-corrected chi connectivity index (χ0v) is 12.9. The third-order valence-corrected chi connectivity index (χ3v) is 3.76. The molecule has 1 N–H and O–H groups in total. The topological polar surface area (TPSA) is 37.4 Å².